The fourth-order valence-electron chi connectivity index (χ4n) is 3.07. The molecule has 1 saturated carbocycles. The number of halogens is 1. The molecular weight excluding hydrogens is 475 g/mol. The van der Waals surface area contributed by atoms with E-state index in [1.165, 1.54) is 42.7 Å². The highest BCUT2D eigenvalue weighted by molar-refractivity contribution is 14.0. The van der Waals surface area contributed by atoms with E-state index in [0.717, 1.165) is 24.5 Å². The zero-order valence-corrected chi connectivity index (χ0v) is 18.2. The van der Waals surface area contributed by atoms with Gasteiger partial charge in [0.1, 0.15) is 0 Å². The van der Waals surface area contributed by atoms with Crippen LogP contribution in [0.1, 0.15) is 36.1 Å². The van der Waals surface area contributed by atoms with Gasteiger partial charge in [0.2, 0.25) is 0 Å². The lowest BCUT2D eigenvalue weighted by Crippen LogP contribution is -2.43. The quantitative estimate of drug-likeness (QED) is 0.193. The molecule has 1 heterocycles. The molecule has 3 rings (SSSR count). The van der Waals surface area contributed by atoms with Crippen molar-refractivity contribution in [3.63, 3.8) is 0 Å². The van der Waals surface area contributed by atoms with Crippen LogP contribution >= 0.6 is 35.3 Å². The van der Waals surface area contributed by atoms with E-state index in [0.29, 0.717) is 12.6 Å². The van der Waals surface area contributed by atoms with Crippen molar-refractivity contribution in [2.45, 2.75) is 44.7 Å². The number of rotatable bonds is 7. The van der Waals surface area contributed by atoms with E-state index in [-0.39, 0.29) is 34.6 Å². The predicted octanol–water partition coefficient (Wildman–Crippen LogP) is 4.49. The standard InChI is InChI=1S/C19H24N4O2S.HI/c24-23(25)17-9-7-15(8-10-17)14-21-19(22-16-4-1-2-5-16)20-12-11-18-6-3-13-26-18;/h3,6-10,13,16H,1-2,4-5,11-12,14H2,(H2,20,21,22);1H. The number of aliphatic imine (C=N–C) groups is 1. The maximum Gasteiger partial charge on any atom is 0.269 e. The van der Waals surface area contributed by atoms with Gasteiger partial charge in [0.25, 0.3) is 5.69 Å². The molecule has 146 valence electrons. The van der Waals surface area contributed by atoms with Gasteiger partial charge in [-0.3, -0.25) is 10.1 Å². The molecule has 0 spiro atoms. The van der Waals surface area contributed by atoms with Crippen LogP contribution in [0.25, 0.3) is 0 Å². The molecule has 0 radical (unpaired) electrons. The molecule has 8 heteroatoms. The minimum absolute atomic E-state index is 0. The highest BCUT2D eigenvalue weighted by Crippen LogP contribution is 2.17. The average molecular weight is 500 g/mol. The summed E-state index contributed by atoms with van der Waals surface area (Å²) in [7, 11) is 0. The molecule has 0 aliphatic heterocycles. The largest absolute Gasteiger partial charge is 0.356 e. The van der Waals surface area contributed by atoms with Gasteiger partial charge in [0.05, 0.1) is 11.5 Å². The van der Waals surface area contributed by atoms with Crippen LogP contribution in [0.3, 0.4) is 0 Å². The molecule has 1 aliphatic rings. The molecule has 0 bridgehead atoms. The van der Waals surface area contributed by atoms with Gasteiger partial charge in [-0.1, -0.05) is 31.0 Å². The molecule has 27 heavy (non-hydrogen) atoms. The van der Waals surface area contributed by atoms with Crippen LogP contribution in [0.15, 0.2) is 46.8 Å². The molecule has 1 aromatic carbocycles. The van der Waals surface area contributed by atoms with E-state index in [1.54, 1.807) is 23.5 Å². The van der Waals surface area contributed by atoms with Crippen LogP contribution in [0.2, 0.25) is 0 Å². The maximum atomic E-state index is 10.7. The summed E-state index contributed by atoms with van der Waals surface area (Å²) in [6.45, 7) is 1.33. The van der Waals surface area contributed by atoms with Crippen LogP contribution < -0.4 is 10.6 Å². The van der Waals surface area contributed by atoms with E-state index in [9.17, 15) is 10.1 Å². The smallest absolute Gasteiger partial charge is 0.269 e. The molecule has 2 N–H and O–H groups in total. The zero-order chi connectivity index (χ0) is 18.2. The number of thiophene rings is 1. The molecular formula is C19H25IN4O2S. The Hall–Kier alpha value is -1.68. The monoisotopic (exact) mass is 500 g/mol. The third kappa shape index (κ3) is 7.10. The van der Waals surface area contributed by atoms with E-state index in [1.807, 2.05) is 0 Å². The lowest BCUT2D eigenvalue weighted by Gasteiger charge is -2.17. The first-order valence-corrected chi connectivity index (χ1v) is 9.89. The zero-order valence-electron chi connectivity index (χ0n) is 15.1. The van der Waals surface area contributed by atoms with Crippen LogP contribution in [-0.2, 0) is 13.0 Å². The van der Waals surface area contributed by atoms with Crippen molar-refractivity contribution in [3.05, 3.63) is 62.3 Å². The topological polar surface area (TPSA) is 79.6 Å². The molecule has 6 nitrogen and oxygen atoms in total. The SMILES string of the molecule is I.O=[N+]([O-])c1ccc(CN=C(NCCc2cccs2)NC2CCCC2)cc1. The van der Waals surface area contributed by atoms with Gasteiger partial charge in [-0.2, -0.15) is 0 Å². The summed E-state index contributed by atoms with van der Waals surface area (Å²) in [6.07, 6.45) is 5.87. The van der Waals surface area contributed by atoms with Crippen LogP contribution in [0.4, 0.5) is 5.69 Å². The summed E-state index contributed by atoms with van der Waals surface area (Å²) < 4.78 is 0. The number of benzene rings is 1. The van der Waals surface area contributed by atoms with Crippen molar-refractivity contribution in [1.29, 1.82) is 0 Å². The molecule has 2 aromatic rings. The Morgan fingerprint density at radius 2 is 1.96 bits per heavy atom. The van der Waals surface area contributed by atoms with E-state index in [4.69, 9.17) is 0 Å². The molecule has 0 atom stereocenters. The van der Waals surface area contributed by atoms with Crippen LogP contribution in [0, 0.1) is 10.1 Å². The highest BCUT2D eigenvalue weighted by Gasteiger charge is 2.16. The van der Waals surface area contributed by atoms with Crippen LogP contribution in [-0.4, -0.2) is 23.5 Å². The van der Waals surface area contributed by atoms with Crippen molar-refractivity contribution < 1.29 is 4.92 Å². The van der Waals surface area contributed by atoms with Gasteiger partial charge in [0, 0.05) is 29.6 Å². The second-order valence-corrected chi connectivity index (χ2v) is 7.50. The number of nitrogens with zero attached hydrogens (tertiary/aromatic N) is 2. The number of hydrogen-bond acceptors (Lipinski definition) is 4. The number of nitro groups is 1. The van der Waals surface area contributed by atoms with Gasteiger partial charge in [-0.05, 0) is 36.3 Å². The van der Waals surface area contributed by atoms with Gasteiger partial charge < -0.3 is 10.6 Å². The first-order chi connectivity index (χ1) is 12.7. The average Bonchev–Trinajstić information content (AvgIpc) is 3.34. The second kappa shape index (κ2) is 11.2. The lowest BCUT2D eigenvalue weighted by atomic mass is 10.2. The van der Waals surface area contributed by atoms with Gasteiger partial charge in [-0.25, -0.2) is 4.99 Å². The van der Waals surface area contributed by atoms with Crippen molar-refractivity contribution in [2.75, 3.05) is 6.54 Å². The van der Waals surface area contributed by atoms with Crippen molar-refractivity contribution in [1.82, 2.24) is 10.6 Å². The second-order valence-electron chi connectivity index (χ2n) is 6.47. The number of nitrogens with one attached hydrogen (secondary N) is 2. The molecule has 0 unspecified atom stereocenters. The molecule has 1 fully saturated rings. The summed E-state index contributed by atoms with van der Waals surface area (Å²) >= 11 is 1.77. The Bertz CT molecular complexity index is 729. The third-order valence-electron chi connectivity index (χ3n) is 4.51. The Morgan fingerprint density at radius 1 is 1.22 bits per heavy atom. The van der Waals surface area contributed by atoms with Crippen molar-refractivity contribution >= 4 is 47.0 Å². The Morgan fingerprint density at radius 3 is 2.59 bits per heavy atom. The molecule has 0 saturated heterocycles. The molecule has 0 amide bonds. The number of nitro benzene ring substituents is 1. The van der Waals surface area contributed by atoms with E-state index >= 15 is 0 Å². The number of guanidine groups is 1. The Balaban J connectivity index is 0.00000261. The first-order valence-electron chi connectivity index (χ1n) is 9.01. The van der Waals surface area contributed by atoms with Crippen molar-refractivity contribution in [3.8, 4) is 0 Å². The van der Waals surface area contributed by atoms with Gasteiger partial charge in [0.15, 0.2) is 5.96 Å². The maximum absolute atomic E-state index is 10.7. The van der Waals surface area contributed by atoms with Crippen LogP contribution in [0.5, 0.6) is 0 Å². The normalized spacial score (nSPS) is 14.6. The summed E-state index contributed by atoms with van der Waals surface area (Å²) in [5, 5.41) is 19.8. The van der Waals surface area contributed by atoms with E-state index < -0.39 is 0 Å². The van der Waals surface area contributed by atoms with Gasteiger partial charge in [-0.15, -0.1) is 35.3 Å². The van der Waals surface area contributed by atoms with Crippen molar-refractivity contribution in [2.24, 2.45) is 4.99 Å². The predicted molar refractivity (Wildman–Crippen MR) is 121 cm³/mol. The summed E-state index contributed by atoms with van der Waals surface area (Å²) in [4.78, 5) is 16.4. The third-order valence-corrected chi connectivity index (χ3v) is 5.44. The Kier molecular flexibility index (Phi) is 8.99. The first kappa shape index (κ1) is 21.6. The lowest BCUT2D eigenvalue weighted by molar-refractivity contribution is -0.384. The number of non-ortho nitro benzene ring substituents is 1. The minimum atomic E-state index is -0.383. The Labute approximate surface area is 180 Å². The fraction of sp³-hybridized carbons (Fsp3) is 0.421. The molecule has 1 aliphatic carbocycles. The minimum Gasteiger partial charge on any atom is -0.356 e. The van der Waals surface area contributed by atoms with E-state index in [2.05, 4.69) is 33.1 Å². The highest BCUT2D eigenvalue weighted by atomic mass is 127. The summed E-state index contributed by atoms with van der Waals surface area (Å²) in [5.74, 6) is 0.826. The fourth-order valence-corrected chi connectivity index (χ4v) is 3.78. The number of hydrogen-bond donors (Lipinski definition) is 2. The van der Waals surface area contributed by atoms with Gasteiger partial charge >= 0.3 is 0 Å². The summed E-state index contributed by atoms with van der Waals surface area (Å²) in [5.41, 5.74) is 1.07. The molecule has 1 aromatic heterocycles. The summed E-state index contributed by atoms with van der Waals surface area (Å²) in [6, 6.07) is 11.3.